The van der Waals surface area contributed by atoms with Crippen LogP contribution in [-0.2, 0) is 6.42 Å². The fourth-order valence-corrected chi connectivity index (χ4v) is 3.82. The molecule has 0 spiro atoms. The van der Waals surface area contributed by atoms with E-state index < -0.39 is 0 Å². The largest absolute Gasteiger partial charge is 0.207 e. The minimum atomic E-state index is -0.190. The lowest BCUT2D eigenvalue weighted by atomic mass is 10.1. The van der Waals surface area contributed by atoms with Crippen molar-refractivity contribution in [1.29, 1.82) is 0 Å². The molecule has 0 atom stereocenters. The molecule has 0 aliphatic rings. The second kappa shape index (κ2) is 6.28. The summed E-state index contributed by atoms with van der Waals surface area (Å²) in [5.41, 5.74) is 3.72. The third kappa shape index (κ3) is 3.52. The fraction of sp³-hybridized carbons (Fsp3) is 0.111. The Balaban J connectivity index is 1.81. The monoisotopic (exact) mass is 408 g/mol. The topological polar surface area (TPSA) is 0 Å². The van der Waals surface area contributed by atoms with Gasteiger partial charge in [-0.05, 0) is 76.5 Å². The van der Waals surface area contributed by atoms with Crippen LogP contribution in [0.15, 0.2) is 54.6 Å². The van der Waals surface area contributed by atoms with Crippen molar-refractivity contribution >= 4 is 33.9 Å². The van der Waals surface area contributed by atoms with E-state index in [1.54, 1.807) is 11.3 Å². The Morgan fingerprint density at radius 2 is 1.76 bits per heavy atom. The van der Waals surface area contributed by atoms with Gasteiger partial charge in [-0.3, -0.25) is 0 Å². The smallest absolute Gasteiger partial charge is 0.123 e. The molecule has 0 N–H and O–H groups in total. The molecule has 0 unspecified atom stereocenters. The number of hydrogen-bond acceptors (Lipinski definition) is 1. The predicted octanol–water partition coefficient (Wildman–Crippen LogP) is 6.06. The van der Waals surface area contributed by atoms with Crippen LogP contribution in [-0.4, -0.2) is 0 Å². The summed E-state index contributed by atoms with van der Waals surface area (Å²) in [5, 5.41) is 0. The van der Waals surface area contributed by atoms with E-state index >= 15 is 0 Å². The van der Waals surface area contributed by atoms with Crippen LogP contribution in [0.3, 0.4) is 0 Å². The Labute approximate surface area is 141 Å². The number of benzene rings is 2. The number of aryl methyl sites for hydroxylation is 1. The lowest BCUT2D eigenvalue weighted by Gasteiger charge is -2.03. The molecule has 0 nitrogen and oxygen atoms in total. The highest BCUT2D eigenvalue weighted by Gasteiger charge is 2.05. The Morgan fingerprint density at radius 3 is 2.48 bits per heavy atom. The molecule has 1 aromatic heterocycles. The molecule has 2 aromatic carbocycles. The minimum Gasteiger partial charge on any atom is -0.207 e. The van der Waals surface area contributed by atoms with Crippen LogP contribution in [0.4, 0.5) is 4.39 Å². The third-order valence-corrected chi connectivity index (χ3v) is 5.70. The third-order valence-electron chi connectivity index (χ3n) is 3.40. The van der Waals surface area contributed by atoms with Gasteiger partial charge in [0.15, 0.2) is 0 Å². The van der Waals surface area contributed by atoms with Crippen molar-refractivity contribution in [2.45, 2.75) is 13.3 Å². The molecule has 3 aromatic rings. The highest BCUT2D eigenvalue weighted by Crippen LogP contribution is 2.30. The fourth-order valence-electron chi connectivity index (χ4n) is 2.19. The Bertz CT molecular complexity index is 759. The lowest BCUT2D eigenvalue weighted by molar-refractivity contribution is 0.628. The maximum atomic E-state index is 13.0. The van der Waals surface area contributed by atoms with Gasteiger partial charge in [-0.1, -0.05) is 24.3 Å². The molecular formula is C18H14FIS. The van der Waals surface area contributed by atoms with Gasteiger partial charge in [0.1, 0.15) is 5.82 Å². The predicted molar refractivity (Wildman–Crippen MR) is 96.4 cm³/mol. The van der Waals surface area contributed by atoms with Gasteiger partial charge in [-0.25, -0.2) is 4.39 Å². The molecule has 3 heteroatoms. The van der Waals surface area contributed by atoms with Crippen molar-refractivity contribution in [3.8, 4) is 10.4 Å². The van der Waals surface area contributed by atoms with Gasteiger partial charge in [-0.2, -0.15) is 0 Å². The zero-order valence-corrected chi connectivity index (χ0v) is 14.5. The number of thiophene rings is 1. The first-order chi connectivity index (χ1) is 10.1. The van der Waals surface area contributed by atoms with Crippen molar-refractivity contribution in [3.05, 3.63) is 80.0 Å². The summed E-state index contributed by atoms with van der Waals surface area (Å²) >= 11 is 4.15. The van der Waals surface area contributed by atoms with E-state index in [-0.39, 0.29) is 5.82 Å². The highest BCUT2D eigenvalue weighted by atomic mass is 127. The van der Waals surface area contributed by atoms with Crippen LogP contribution in [0.25, 0.3) is 10.4 Å². The van der Waals surface area contributed by atoms with E-state index in [1.807, 2.05) is 12.1 Å². The zero-order valence-electron chi connectivity index (χ0n) is 11.6. The normalized spacial score (nSPS) is 10.8. The summed E-state index contributed by atoms with van der Waals surface area (Å²) in [5.74, 6) is -0.190. The minimum absolute atomic E-state index is 0.190. The van der Waals surface area contributed by atoms with Gasteiger partial charge < -0.3 is 0 Å². The van der Waals surface area contributed by atoms with E-state index in [0.717, 1.165) is 12.0 Å². The second-order valence-corrected chi connectivity index (χ2v) is 7.36. The summed E-state index contributed by atoms with van der Waals surface area (Å²) in [7, 11) is 0. The molecule has 0 radical (unpaired) electrons. The van der Waals surface area contributed by atoms with Gasteiger partial charge >= 0.3 is 0 Å². The molecule has 21 heavy (non-hydrogen) atoms. The van der Waals surface area contributed by atoms with Crippen molar-refractivity contribution in [2.75, 3.05) is 0 Å². The lowest BCUT2D eigenvalue weighted by Crippen LogP contribution is -1.87. The molecule has 0 amide bonds. The first-order valence-electron chi connectivity index (χ1n) is 6.71. The van der Waals surface area contributed by atoms with Crippen LogP contribution >= 0.6 is 33.9 Å². The Kier molecular flexibility index (Phi) is 4.40. The van der Waals surface area contributed by atoms with Crippen molar-refractivity contribution in [3.63, 3.8) is 0 Å². The SMILES string of the molecule is Cc1ccc(Cc2ccc(-c3ccc(F)cc3)s2)cc1I. The highest BCUT2D eigenvalue weighted by molar-refractivity contribution is 14.1. The summed E-state index contributed by atoms with van der Waals surface area (Å²) in [4.78, 5) is 2.51. The molecule has 0 saturated heterocycles. The molecular weight excluding hydrogens is 394 g/mol. The van der Waals surface area contributed by atoms with Crippen LogP contribution in [0, 0.1) is 16.3 Å². The molecule has 0 fully saturated rings. The Hall–Kier alpha value is -1.20. The number of hydrogen-bond donors (Lipinski definition) is 0. The first kappa shape index (κ1) is 14.7. The van der Waals surface area contributed by atoms with Crippen LogP contribution in [0.1, 0.15) is 16.0 Å². The van der Waals surface area contributed by atoms with Crippen LogP contribution < -0.4 is 0 Å². The molecule has 106 valence electrons. The van der Waals surface area contributed by atoms with Gasteiger partial charge in [0.05, 0.1) is 0 Å². The summed E-state index contributed by atoms with van der Waals surface area (Å²) in [6, 6.07) is 17.6. The summed E-state index contributed by atoms with van der Waals surface area (Å²) < 4.78 is 14.3. The Morgan fingerprint density at radius 1 is 1.00 bits per heavy atom. The van der Waals surface area contributed by atoms with Crippen LogP contribution in [0.5, 0.6) is 0 Å². The molecule has 0 aliphatic carbocycles. The average Bonchev–Trinajstić information content (AvgIpc) is 2.92. The standard InChI is InChI=1S/C18H14FIS/c1-12-2-3-13(11-17(12)20)10-16-8-9-18(21-16)14-4-6-15(19)7-5-14/h2-9,11H,10H2,1H3. The average molecular weight is 408 g/mol. The van der Waals surface area contributed by atoms with E-state index in [2.05, 4.69) is 59.8 Å². The van der Waals surface area contributed by atoms with E-state index in [0.29, 0.717) is 0 Å². The summed E-state index contributed by atoms with van der Waals surface area (Å²) in [6.45, 7) is 2.13. The molecule has 0 saturated carbocycles. The van der Waals surface area contributed by atoms with Gasteiger partial charge in [0.2, 0.25) is 0 Å². The second-order valence-electron chi connectivity index (χ2n) is 5.03. The van der Waals surface area contributed by atoms with E-state index in [9.17, 15) is 4.39 Å². The van der Waals surface area contributed by atoms with Gasteiger partial charge in [-0.15, -0.1) is 11.3 Å². The van der Waals surface area contributed by atoms with Crippen molar-refractivity contribution in [1.82, 2.24) is 0 Å². The van der Waals surface area contributed by atoms with Gasteiger partial charge in [0, 0.05) is 19.7 Å². The van der Waals surface area contributed by atoms with Crippen LogP contribution in [0.2, 0.25) is 0 Å². The maximum Gasteiger partial charge on any atom is 0.123 e. The van der Waals surface area contributed by atoms with E-state index in [4.69, 9.17) is 0 Å². The number of halogens is 2. The van der Waals surface area contributed by atoms with E-state index in [1.165, 1.54) is 36.6 Å². The molecule has 1 heterocycles. The van der Waals surface area contributed by atoms with Crippen molar-refractivity contribution in [2.24, 2.45) is 0 Å². The first-order valence-corrected chi connectivity index (χ1v) is 8.61. The van der Waals surface area contributed by atoms with Gasteiger partial charge in [0.25, 0.3) is 0 Å². The molecule has 0 bridgehead atoms. The number of rotatable bonds is 3. The molecule has 0 aliphatic heterocycles. The zero-order chi connectivity index (χ0) is 14.8. The quantitative estimate of drug-likeness (QED) is 0.463. The van der Waals surface area contributed by atoms with Crippen molar-refractivity contribution < 1.29 is 4.39 Å². The molecule has 3 rings (SSSR count). The maximum absolute atomic E-state index is 13.0. The summed E-state index contributed by atoms with van der Waals surface area (Å²) in [6.07, 6.45) is 0.947.